The van der Waals surface area contributed by atoms with E-state index in [0.29, 0.717) is 9.26 Å². The fraction of sp³-hybridized carbons (Fsp3) is 0.0909. The maximum Gasteiger partial charge on any atom is 0.336 e. The number of halogens is 1. The van der Waals surface area contributed by atoms with Crippen LogP contribution in [0.5, 0.6) is 0 Å². The molecular weight excluding hydrogens is 399 g/mol. The lowest BCUT2D eigenvalue weighted by Gasteiger charge is -2.06. The largest absolute Gasteiger partial charge is 0.478 e. The Morgan fingerprint density at radius 2 is 2.10 bits per heavy atom. The number of aryl methyl sites for hydroxylation is 1. The van der Waals surface area contributed by atoms with E-state index in [0.717, 1.165) is 6.07 Å². The van der Waals surface area contributed by atoms with Gasteiger partial charge in [0.05, 0.1) is 16.2 Å². The highest BCUT2D eigenvalue weighted by Gasteiger charge is 2.19. The van der Waals surface area contributed by atoms with Gasteiger partial charge in [-0.05, 0) is 47.7 Å². The Labute approximate surface area is 128 Å². The summed E-state index contributed by atoms with van der Waals surface area (Å²) in [5, 5.41) is 12.6. The number of rotatable bonds is 4. The third-order valence-electron chi connectivity index (χ3n) is 2.34. The molecule has 0 bridgehead atoms. The quantitative estimate of drug-likeness (QED) is 0.750. The summed E-state index contributed by atoms with van der Waals surface area (Å²) in [6.07, 6.45) is 0. The van der Waals surface area contributed by atoms with Crippen LogP contribution in [0.15, 0.2) is 33.7 Å². The zero-order chi connectivity index (χ0) is 14.9. The van der Waals surface area contributed by atoms with Gasteiger partial charge < -0.3 is 9.63 Å². The lowest BCUT2D eigenvalue weighted by Crippen LogP contribution is -2.13. The molecule has 1 heterocycles. The monoisotopic (exact) mass is 408 g/mol. The molecule has 0 radical (unpaired) electrons. The topological polar surface area (TPSA) is 110 Å². The van der Waals surface area contributed by atoms with Crippen molar-refractivity contribution < 1.29 is 22.8 Å². The van der Waals surface area contributed by atoms with Gasteiger partial charge in [-0.1, -0.05) is 5.16 Å². The Hall–Kier alpha value is -1.62. The van der Waals surface area contributed by atoms with Gasteiger partial charge in [-0.25, -0.2) is 17.9 Å². The molecule has 0 atom stereocenters. The fourth-order valence-corrected chi connectivity index (χ4v) is 3.00. The van der Waals surface area contributed by atoms with E-state index < -0.39 is 16.0 Å². The highest BCUT2D eigenvalue weighted by atomic mass is 127. The minimum atomic E-state index is -3.92. The van der Waals surface area contributed by atoms with E-state index >= 15 is 0 Å². The Morgan fingerprint density at radius 3 is 2.65 bits per heavy atom. The molecular formula is C11H9IN2O5S. The second-order valence-electron chi connectivity index (χ2n) is 3.88. The van der Waals surface area contributed by atoms with Crippen molar-refractivity contribution in [3.63, 3.8) is 0 Å². The smallest absolute Gasteiger partial charge is 0.336 e. The summed E-state index contributed by atoms with van der Waals surface area (Å²) in [6, 6.07) is 5.25. The van der Waals surface area contributed by atoms with E-state index in [2.05, 4.69) is 9.88 Å². The number of sulfonamides is 1. The highest BCUT2D eigenvalue weighted by Crippen LogP contribution is 2.21. The number of anilines is 1. The van der Waals surface area contributed by atoms with E-state index in [-0.39, 0.29) is 16.3 Å². The third kappa shape index (κ3) is 3.10. The van der Waals surface area contributed by atoms with Gasteiger partial charge in [0.15, 0.2) is 0 Å². The van der Waals surface area contributed by atoms with Crippen LogP contribution in [0.1, 0.15) is 16.1 Å². The molecule has 0 aliphatic rings. The van der Waals surface area contributed by atoms with Crippen LogP contribution >= 0.6 is 22.6 Å². The highest BCUT2D eigenvalue weighted by molar-refractivity contribution is 14.1. The lowest BCUT2D eigenvalue weighted by molar-refractivity contribution is 0.0695. The number of aromatic nitrogens is 1. The summed E-state index contributed by atoms with van der Waals surface area (Å²) < 4.78 is 31.6. The molecule has 0 aliphatic heterocycles. The molecule has 0 amide bonds. The summed E-state index contributed by atoms with van der Waals surface area (Å²) in [4.78, 5) is 10.9. The van der Waals surface area contributed by atoms with Crippen molar-refractivity contribution in [3.8, 4) is 0 Å². The molecule has 7 nitrogen and oxygen atoms in total. The van der Waals surface area contributed by atoms with Gasteiger partial charge in [0.2, 0.25) is 5.88 Å². The normalized spacial score (nSPS) is 11.3. The molecule has 9 heteroatoms. The zero-order valence-electron chi connectivity index (χ0n) is 10.1. The van der Waals surface area contributed by atoms with Crippen molar-refractivity contribution in [1.29, 1.82) is 0 Å². The molecule has 1 aromatic heterocycles. The van der Waals surface area contributed by atoms with Crippen molar-refractivity contribution in [1.82, 2.24) is 5.16 Å². The first kappa shape index (κ1) is 14.8. The van der Waals surface area contributed by atoms with Crippen molar-refractivity contribution >= 4 is 44.5 Å². The number of hydrogen-bond acceptors (Lipinski definition) is 5. The fourth-order valence-electron chi connectivity index (χ4n) is 1.44. The van der Waals surface area contributed by atoms with Crippen LogP contribution in [0.4, 0.5) is 5.88 Å². The molecule has 0 saturated carbocycles. The van der Waals surface area contributed by atoms with Crippen LogP contribution in [0.3, 0.4) is 0 Å². The number of benzene rings is 1. The van der Waals surface area contributed by atoms with Gasteiger partial charge in [0.25, 0.3) is 10.0 Å². The van der Waals surface area contributed by atoms with Crippen LogP contribution in [-0.2, 0) is 10.0 Å². The Kier molecular flexibility index (Phi) is 3.99. The van der Waals surface area contributed by atoms with E-state index in [1.54, 1.807) is 6.92 Å². The second kappa shape index (κ2) is 5.40. The number of hydrogen-bond donors (Lipinski definition) is 2. The maximum absolute atomic E-state index is 12.1. The minimum absolute atomic E-state index is 0.0297. The predicted octanol–water partition coefficient (Wildman–Crippen LogP) is 2.09. The summed E-state index contributed by atoms with van der Waals surface area (Å²) in [5.41, 5.74) is 0.443. The van der Waals surface area contributed by atoms with Crippen LogP contribution in [0.2, 0.25) is 0 Å². The second-order valence-corrected chi connectivity index (χ2v) is 6.73. The lowest BCUT2D eigenvalue weighted by atomic mass is 10.2. The SMILES string of the molecule is Cc1cc(NS(=O)(=O)c2ccc(I)c(C(=O)O)c2)on1. The van der Waals surface area contributed by atoms with Crippen LogP contribution in [0, 0.1) is 10.5 Å². The predicted molar refractivity (Wildman–Crippen MR) is 78.2 cm³/mol. The first-order chi connectivity index (χ1) is 9.29. The van der Waals surface area contributed by atoms with E-state index in [9.17, 15) is 13.2 Å². The van der Waals surface area contributed by atoms with E-state index in [1.165, 1.54) is 18.2 Å². The zero-order valence-corrected chi connectivity index (χ0v) is 13.1. The average molecular weight is 408 g/mol. The number of carboxylic acid groups (broad SMARTS) is 1. The average Bonchev–Trinajstić information content (AvgIpc) is 2.73. The third-order valence-corrected chi connectivity index (χ3v) is 4.63. The summed E-state index contributed by atoms with van der Waals surface area (Å²) in [7, 11) is -3.92. The molecule has 1 aromatic carbocycles. The van der Waals surface area contributed by atoms with Crippen LogP contribution in [-0.4, -0.2) is 24.7 Å². The molecule has 2 aromatic rings. The van der Waals surface area contributed by atoms with Crippen molar-refractivity contribution in [2.24, 2.45) is 0 Å². The molecule has 20 heavy (non-hydrogen) atoms. The van der Waals surface area contributed by atoms with Gasteiger partial charge >= 0.3 is 5.97 Å². The summed E-state index contributed by atoms with van der Waals surface area (Å²) in [5.74, 6) is -1.22. The van der Waals surface area contributed by atoms with Crippen LogP contribution in [0.25, 0.3) is 0 Å². The molecule has 0 saturated heterocycles. The van der Waals surface area contributed by atoms with Crippen LogP contribution < -0.4 is 4.72 Å². The summed E-state index contributed by atoms with van der Waals surface area (Å²) in [6.45, 7) is 1.65. The van der Waals surface area contributed by atoms with E-state index in [4.69, 9.17) is 9.63 Å². The van der Waals surface area contributed by atoms with Gasteiger partial charge in [-0.15, -0.1) is 0 Å². The molecule has 2 rings (SSSR count). The molecule has 0 fully saturated rings. The van der Waals surface area contributed by atoms with E-state index in [1.807, 2.05) is 22.6 Å². The van der Waals surface area contributed by atoms with Crippen molar-refractivity contribution in [2.75, 3.05) is 4.72 Å². The molecule has 106 valence electrons. The molecule has 2 N–H and O–H groups in total. The number of aromatic carboxylic acids is 1. The molecule has 0 unspecified atom stereocenters. The Bertz CT molecular complexity index is 769. The minimum Gasteiger partial charge on any atom is -0.478 e. The summed E-state index contributed by atoms with van der Waals surface area (Å²) >= 11 is 1.82. The molecule has 0 aliphatic carbocycles. The van der Waals surface area contributed by atoms with Gasteiger partial charge in [0, 0.05) is 9.64 Å². The standard InChI is InChI=1S/C11H9IN2O5S/c1-6-4-10(19-13-6)14-20(17,18)7-2-3-9(12)8(5-7)11(15)16/h2-5,14H,1H3,(H,15,16). The maximum atomic E-state index is 12.1. The Morgan fingerprint density at radius 1 is 1.40 bits per heavy atom. The first-order valence-electron chi connectivity index (χ1n) is 5.28. The van der Waals surface area contributed by atoms with Crippen molar-refractivity contribution in [2.45, 2.75) is 11.8 Å². The number of carboxylic acids is 1. The Balaban J connectivity index is 2.39. The number of nitrogens with one attached hydrogen (secondary N) is 1. The van der Waals surface area contributed by atoms with Crippen molar-refractivity contribution in [3.05, 3.63) is 39.1 Å². The number of nitrogens with zero attached hydrogens (tertiary/aromatic N) is 1. The first-order valence-corrected chi connectivity index (χ1v) is 7.85. The molecule has 0 spiro atoms. The van der Waals surface area contributed by atoms with Gasteiger partial charge in [-0.3, -0.25) is 0 Å². The van der Waals surface area contributed by atoms with Gasteiger partial charge in [-0.2, -0.15) is 0 Å². The number of carbonyl (C=O) groups is 1. The van der Waals surface area contributed by atoms with Gasteiger partial charge in [0.1, 0.15) is 0 Å².